The Hall–Kier alpha value is -0.260. The summed E-state index contributed by atoms with van der Waals surface area (Å²) in [6, 6.07) is 0.156. The maximum absolute atomic E-state index is 11.8. The van der Waals surface area contributed by atoms with E-state index in [1.54, 1.807) is 18.9 Å². The van der Waals surface area contributed by atoms with Gasteiger partial charge in [-0.05, 0) is 19.1 Å². The van der Waals surface area contributed by atoms with E-state index in [-0.39, 0.29) is 18.1 Å². The molecule has 0 spiro atoms. The third-order valence-corrected chi connectivity index (χ3v) is 3.40. The average molecular weight is 232 g/mol. The lowest BCUT2D eigenvalue weighted by Gasteiger charge is -2.38. The zero-order valence-corrected chi connectivity index (χ0v) is 10.3. The Balaban J connectivity index is 2.53. The second-order valence-corrected chi connectivity index (χ2v) is 4.66. The van der Waals surface area contributed by atoms with Crippen molar-refractivity contribution < 1.29 is 9.53 Å². The summed E-state index contributed by atoms with van der Waals surface area (Å²) in [5, 5.41) is 0. The molecule has 0 aromatic heterocycles. The van der Waals surface area contributed by atoms with Crippen molar-refractivity contribution in [3.05, 3.63) is 0 Å². The zero-order chi connectivity index (χ0) is 11.3. The maximum Gasteiger partial charge on any atom is 0.232 e. The van der Waals surface area contributed by atoms with Gasteiger partial charge in [0, 0.05) is 26.2 Å². The van der Waals surface area contributed by atoms with Crippen molar-refractivity contribution in [1.29, 1.82) is 0 Å². The number of amides is 1. The van der Waals surface area contributed by atoms with E-state index in [0.717, 1.165) is 19.4 Å². The molecule has 0 saturated carbocycles. The number of nitrogens with two attached hydrogens (primary N) is 1. The molecule has 1 aliphatic rings. The molecule has 2 atom stereocenters. The van der Waals surface area contributed by atoms with Gasteiger partial charge in [0.15, 0.2) is 0 Å². The lowest BCUT2D eigenvalue weighted by molar-refractivity contribution is -0.133. The molecule has 5 heteroatoms. The topological polar surface area (TPSA) is 55.6 Å². The predicted octanol–water partition coefficient (Wildman–Crippen LogP) is 0.314. The van der Waals surface area contributed by atoms with Crippen molar-refractivity contribution >= 4 is 17.7 Å². The van der Waals surface area contributed by atoms with Crippen LogP contribution in [0.5, 0.6) is 0 Å². The monoisotopic (exact) mass is 232 g/mol. The molecule has 15 heavy (non-hydrogen) atoms. The summed E-state index contributed by atoms with van der Waals surface area (Å²) in [6.45, 7) is 1.31. The Morgan fingerprint density at radius 3 is 2.93 bits per heavy atom. The Kier molecular flexibility index (Phi) is 5.42. The summed E-state index contributed by atoms with van der Waals surface area (Å²) in [5.41, 5.74) is 5.69. The highest BCUT2D eigenvalue weighted by Gasteiger charge is 2.30. The minimum absolute atomic E-state index is 0.156. The Morgan fingerprint density at radius 2 is 2.40 bits per heavy atom. The summed E-state index contributed by atoms with van der Waals surface area (Å²) in [4.78, 5) is 13.7. The number of nitrogens with zero attached hydrogens (tertiary/aromatic N) is 1. The molecule has 0 bridgehead atoms. The van der Waals surface area contributed by atoms with Gasteiger partial charge in [0.05, 0.1) is 11.9 Å². The number of ether oxygens (including phenoxy) is 1. The lowest BCUT2D eigenvalue weighted by Crippen LogP contribution is -2.51. The molecule has 1 rings (SSSR count). The molecule has 0 radical (unpaired) electrons. The minimum Gasteiger partial charge on any atom is -0.381 e. The molecule has 0 aromatic carbocycles. The van der Waals surface area contributed by atoms with Gasteiger partial charge in [-0.2, -0.15) is 11.8 Å². The first-order chi connectivity index (χ1) is 7.22. The molecule has 2 N–H and O–H groups in total. The number of rotatable bonds is 4. The molecule has 1 amide bonds. The van der Waals surface area contributed by atoms with E-state index in [9.17, 15) is 4.79 Å². The summed E-state index contributed by atoms with van der Waals surface area (Å²) in [7, 11) is 1.72. The van der Waals surface area contributed by atoms with Crippen molar-refractivity contribution in [2.45, 2.75) is 25.0 Å². The largest absolute Gasteiger partial charge is 0.381 e. The van der Waals surface area contributed by atoms with Gasteiger partial charge in [-0.3, -0.25) is 4.79 Å². The SMILES string of the molecule is COC1CCN(C(=O)CSC)C(CN)C1. The summed E-state index contributed by atoms with van der Waals surface area (Å²) in [5.74, 6) is 0.751. The summed E-state index contributed by atoms with van der Waals surface area (Å²) >= 11 is 1.56. The average Bonchev–Trinajstić information content (AvgIpc) is 2.28. The number of carbonyl (C=O) groups is 1. The second-order valence-electron chi connectivity index (χ2n) is 3.79. The van der Waals surface area contributed by atoms with Crippen molar-refractivity contribution in [1.82, 2.24) is 4.90 Å². The Labute approximate surface area is 95.5 Å². The van der Waals surface area contributed by atoms with Crippen LogP contribution >= 0.6 is 11.8 Å². The molecule has 88 valence electrons. The summed E-state index contributed by atoms with van der Waals surface area (Å²) in [6.07, 6.45) is 3.99. The molecular weight excluding hydrogens is 212 g/mol. The number of thioether (sulfide) groups is 1. The van der Waals surface area contributed by atoms with Crippen molar-refractivity contribution in [2.24, 2.45) is 5.73 Å². The van der Waals surface area contributed by atoms with Gasteiger partial charge in [-0.25, -0.2) is 0 Å². The number of methoxy groups -OCH3 is 1. The fourth-order valence-electron chi connectivity index (χ4n) is 1.99. The van der Waals surface area contributed by atoms with Gasteiger partial charge in [0.25, 0.3) is 0 Å². The molecule has 4 nitrogen and oxygen atoms in total. The Bertz CT molecular complexity index is 214. The third-order valence-electron chi connectivity index (χ3n) is 2.86. The maximum atomic E-state index is 11.8. The first-order valence-electron chi connectivity index (χ1n) is 5.24. The van der Waals surface area contributed by atoms with Crippen LogP contribution in [-0.2, 0) is 9.53 Å². The number of likely N-dealkylation sites (tertiary alicyclic amines) is 1. The van der Waals surface area contributed by atoms with Crippen LogP contribution in [0.3, 0.4) is 0 Å². The highest BCUT2D eigenvalue weighted by molar-refractivity contribution is 7.99. The molecule has 0 aromatic rings. The lowest BCUT2D eigenvalue weighted by atomic mass is 9.99. The molecule has 1 fully saturated rings. The normalized spacial score (nSPS) is 26.7. The predicted molar refractivity (Wildman–Crippen MR) is 63.0 cm³/mol. The van der Waals surface area contributed by atoms with Crippen LogP contribution in [0, 0.1) is 0 Å². The van der Waals surface area contributed by atoms with Crippen molar-refractivity contribution in [3.63, 3.8) is 0 Å². The van der Waals surface area contributed by atoms with Gasteiger partial charge < -0.3 is 15.4 Å². The van der Waals surface area contributed by atoms with Gasteiger partial charge in [-0.1, -0.05) is 0 Å². The number of piperidine rings is 1. The van der Waals surface area contributed by atoms with E-state index in [4.69, 9.17) is 10.5 Å². The zero-order valence-electron chi connectivity index (χ0n) is 9.44. The fourth-order valence-corrected chi connectivity index (χ4v) is 2.40. The van der Waals surface area contributed by atoms with Crippen LogP contribution in [0.2, 0.25) is 0 Å². The number of carbonyl (C=O) groups excluding carboxylic acids is 1. The van der Waals surface area contributed by atoms with Gasteiger partial charge in [-0.15, -0.1) is 0 Å². The van der Waals surface area contributed by atoms with Gasteiger partial charge in [0.1, 0.15) is 0 Å². The molecule has 1 saturated heterocycles. The first kappa shape index (κ1) is 12.8. The minimum atomic E-state index is 0.156. The van der Waals surface area contributed by atoms with Crippen LogP contribution < -0.4 is 5.73 Å². The molecule has 1 aliphatic heterocycles. The van der Waals surface area contributed by atoms with Crippen molar-refractivity contribution in [3.8, 4) is 0 Å². The summed E-state index contributed by atoms with van der Waals surface area (Å²) < 4.78 is 5.31. The van der Waals surface area contributed by atoms with Gasteiger partial charge in [0.2, 0.25) is 5.91 Å². The van der Waals surface area contributed by atoms with Crippen LogP contribution in [0.25, 0.3) is 0 Å². The number of hydrogen-bond donors (Lipinski definition) is 1. The quantitative estimate of drug-likeness (QED) is 0.758. The fraction of sp³-hybridized carbons (Fsp3) is 0.900. The standard InChI is InChI=1S/C10H20N2O2S/c1-14-9-3-4-12(8(5-9)6-11)10(13)7-15-2/h8-9H,3-7,11H2,1-2H3. The van der Waals surface area contributed by atoms with Crippen LogP contribution in [0.1, 0.15) is 12.8 Å². The first-order valence-corrected chi connectivity index (χ1v) is 6.63. The van der Waals surface area contributed by atoms with E-state index >= 15 is 0 Å². The molecule has 1 heterocycles. The van der Waals surface area contributed by atoms with Crippen molar-refractivity contribution in [2.75, 3.05) is 32.2 Å². The van der Waals surface area contributed by atoms with E-state index in [2.05, 4.69) is 0 Å². The second kappa shape index (κ2) is 6.35. The number of hydrogen-bond acceptors (Lipinski definition) is 4. The Morgan fingerprint density at radius 1 is 1.67 bits per heavy atom. The van der Waals surface area contributed by atoms with E-state index in [0.29, 0.717) is 12.3 Å². The molecule has 0 aliphatic carbocycles. The molecular formula is C10H20N2O2S. The van der Waals surface area contributed by atoms with Gasteiger partial charge >= 0.3 is 0 Å². The van der Waals surface area contributed by atoms with Crippen LogP contribution in [0.4, 0.5) is 0 Å². The smallest absolute Gasteiger partial charge is 0.232 e. The molecule has 2 unspecified atom stereocenters. The van der Waals surface area contributed by atoms with Crippen LogP contribution in [0.15, 0.2) is 0 Å². The highest BCUT2D eigenvalue weighted by atomic mass is 32.2. The van der Waals surface area contributed by atoms with E-state index in [1.807, 2.05) is 11.2 Å². The van der Waals surface area contributed by atoms with Crippen LogP contribution in [-0.4, -0.2) is 55.2 Å². The highest BCUT2D eigenvalue weighted by Crippen LogP contribution is 2.19. The third kappa shape index (κ3) is 3.36. The van der Waals surface area contributed by atoms with E-state index in [1.165, 1.54) is 0 Å². The van der Waals surface area contributed by atoms with E-state index < -0.39 is 0 Å².